The van der Waals surface area contributed by atoms with Gasteiger partial charge in [0, 0.05) is 32.7 Å². The third-order valence-electron chi connectivity index (χ3n) is 2.62. The molecule has 18 heavy (non-hydrogen) atoms. The Balaban J connectivity index is 2.89. The second-order valence-corrected chi connectivity index (χ2v) is 3.93. The normalized spacial score (nSPS) is 9.89. The number of hydrogen-bond donors (Lipinski definition) is 3. The number of nitrogens with zero attached hydrogens (tertiary/aromatic N) is 1. The molecule has 4 N–H and O–H groups in total. The van der Waals surface area contributed by atoms with E-state index in [-0.39, 0.29) is 11.5 Å². The predicted octanol–water partition coefficient (Wildman–Crippen LogP) is 0.539. The molecule has 0 bridgehead atoms. The zero-order chi connectivity index (χ0) is 13.7. The molecule has 1 aromatic carbocycles. The number of nitrogens with two attached hydrogens (primary N) is 1. The van der Waals surface area contributed by atoms with E-state index in [1.807, 2.05) is 0 Å². The van der Waals surface area contributed by atoms with E-state index in [1.54, 1.807) is 31.1 Å². The molecule has 0 aromatic heterocycles. The maximum atomic E-state index is 11.2. The number of benzene rings is 1. The van der Waals surface area contributed by atoms with Crippen LogP contribution in [0.5, 0.6) is 0 Å². The summed E-state index contributed by atoms with van der Waals surface area (Å²) in [5, 5.41) is 11.6. The number of rotatable bonds is 5. The van der Waals surface area contributed by atoms with Gasteiger partial charge >= 0.3 is 5.97 Å². The SMILES string of the molecule is CNC(=O)CCN(C)c1cc(N)ccc1C(=O)O. The summed E-state index contributed by atoms with van der Waals surface area (Å²) < 4.78 is 0. The molecule has 0 heterocycles. The Kier molecular flexibility index (Phi) is 4.53. The zero-order valence-electron chi connectivity index (χ0n) is 10.4. The first-order chi connectivity index (χ1) is 8.45. The molecule has 0 fully saturated rings. The number of nitrogen functional groups attached to an aromatic ring is 1. The number of hydrogen-bond acceptors (Lipinski definition) is 4. The van der Waals surface area contributed by atoms with Crippen molar-refractivity contribution in [2.45, 2.75) is 6.42 Å². The third-order valence-corrected chi connectivity index (χ3v) is 2.62. The number of amides is 1. The van der Waals surface area contributed by atoms with Crippen LogP contribution >= 0.6 is 0 Å². The highest BCUT2D eigenvalue weighted by Gasteiger charge is 2.14. The van der Waals surface area contributed by atoms with Crippen molar-refractivity contribution in [1.82, 2.24) is 5.32 Å². The number of carbonyl (C=O) groups excluding carboxylic acids is 1. The molecule has 1 aromatic rings. The molecule has 0 saturated carbocycles. The highest BCUT2D eigenvalue weighted by Crippen LogP contribution is 2.22. The molecular formula is C12H17N3O3. The van der Waals surface area contributed by atoms with Crippen LogP contribution in [0.25, 0.3) is 0 Å². The molecule has 0 aliphatic rings. The highest BCUT2D eigenvalue weighted by atomic mass is 16.4. The Hall–Kier alpha value is -2.24. The Morgan fingerprint density at radius 1 is 1.44 bits per heavy atom. The summed E-state index contributed by atoms with van der Waals surface area (Å²) in [7, 11) is 3.29. The van der Waals surface area contributed by atoms with Crippen LogP contribution in [0.2, 0.25) is 0 Å². The lowest BCUT2D eigenvalue weighted by Gasteiger charge is -2.21. The van der Waals surface area contributed by atoms with Gasteiger partial charge in [-0.1, -0.05) is 0 Å². The lowest BCUT2D eigenvalue weighted by molar-refractivity contribution is -0.120. The van der Waals surface area contributed by atoms with E-state index in [4.69, 9.17) is 10.8 Å². The fourth-order valence-electron chi connectivity index (χ4n) is 1.56. The van der Waals surface area contributed by atoms with Gasteiger partial charge in [0.05, 0.1) is 11.3 Å². The van der Waals surface area contributed by atoms with E-state index < -0.39 is 5.97 Å². The van der Waals surface area contributed by atoms with Crippen molar-refractivity contribution < 1.29 is 14.7 Å². The van der Waals surface area contributed by atoms with Crippen molar-refractivity contribution in [3.05, 3.63) is 23.8 Å². The van der Waals surface area contributed by atoms with Crippen molar-refractivity contribution >= 4 is 23.3 Å². The van der Waals surface area contributed by atoms with E-state index in [9.17, 15) is 9.59 Å². The first-order valence-corrected chi connectivity index (χ1v) is 5.50. The fraction of sp³-hybridized carbons (Fsp3) is 0.333. The summed E-state index contributed by atoms with van der Waals surface area (Å²) in [6, 6.07) is 4.59. The minimum Gasteiger partial charge on any atom is -0.478 e. The quantitative estimate of drug-likeness (QED) is 0.664. The van der Waals surface area contributed by atoms with E-state index in [0.29, 0.717) is 24.3 Å². The van der Waals surface area contributed by atoms with E-state index in [1.165, 1.54) is 6.07 Å². The van der Waals surface area contributed by atoms with Crippen molar-refractivity contribution in [2.24, 2.45) is 0 Å². The molecule has 0 saturated heterocycles. The van der Waals surface area contributed by atoms with Gasteiger partial charge < -0.3 is 21.1 Å². The average molecular weight is 251 g/mol. The van der Waals surface area contributed by atoms with Gasteiger partial charge in [-0.25, -0.2) is 4.79 Å². The molecule has 6 nitrogen and oxygen atoms in total. The molecule has 1 rings (SSSR count). The van der Waals surface area contributed by atoms with Crippen LogP contribution in [0.4, 0.5) is 11.4 Å². The fourth-order valence-corrected chi connectivity index (χ4v) is 1.56. The number of carbonyl (C=O) groups is 2. The second kappa shape index (κ2) is 5.90. The molecule has 0 spiro atoms. The van der Waals surface area contributed by atoms with Crippen LogP contribution in [0, 0.1) is 0 Å². The van der Waals surface area contributed by atoms with Gasteiger partial charge in [0.15, 0.2) is 0 Å². The van der Waals surface area contributed by atoms with Crippen LogP contribution in [-0.4, -0.2) is 37.6 Å². The van der Waals surface area contributed by atoms with Crippen LogP contribution in [0.3, 0.4) is 0 Å². The number of aromatic carboxylic acids is 1. The maximum absolute atomic E-state index is 11.2. The van der Waals surface area contributed by atoms with Gasteiger partial charge in [-0.15, -0.1) is 0 Å². The maximum Gasteiger partial charge on any atom is 0.337 e. The molecule has 0 unspecified atom stereocenters. The van der Waals surface area contributed by atoms with E-state index in [0.717, 1.165) is 0 Å². The summed E-state index contributed by atoms with van der Waals surface area (Å²) in [5.41, 5.74) is 6.81. The minimum absolute atomic E-state index is 0.0948. The van der Waals surface area contributed by atoms with E-state index >= 15 is 0 Å². The lowest BCUT2D eigenvalue weighted by Crippen LogP contribution is -2.27. The molecule has 0 aliphatic heterocycles. The van der Waals surface area contributed by atoms with Crippen molar-refractivity contribution in [2.75, 3.05) is 31.3 Å². The molecule has 6 heteroatoms. The van der Waals surface area contributed by atoms with Gasteiger partial charge in [-0.05, 0) is 18.2 Å². The van der Waals surface area contributed by atoms with Gasteiger partial charge in [0.25, 0.3) is 0 Å². The van der Waals surface area contributed by atoms with Gasteiger partial charge in [0.2, 0.25) is 5.91 Å². The van der Waals surface area contributed by atoms with Crippen LogP contribution < -0.4 is 16.0 Å². The monoisotopic (exact) mass is 251 g/mol. The molecule has 0 aliphatic carbocycles. The first kappa shape index (κ1) is 13.8. The lowest BCUT2D eigenvalue weighted by atomic mass is 10.1. The zero-order valence-corrected chi connectivity index (χ0v) is 10.4. The summed E-state index contributed by atoms with van der Waals surface area (Å²) in [4.78, 5) is 23.9. The van der Waals surface area contributed by atoms with Crippen molar-refractivity contribution in [3.8, 4) is 0 Å². The first-order valence-electron chi connectivity index (χ1n) is 5.50. The number of anilines is 2. The predicted molar refractivity (Wildman–Crippen MR) is 69.8 cm³/mol. The standard InChI is InChI=1S/C12H17N3O3/c1-14-11(16)5-6-15(2)10-7-8(13)3-4-9(10)12(17)18/h3-4,7H,5-6,13H2,1-2H3,(H,14,16)(H,17,18). The highest BCUT2D eigenvalue weighted by molar-refractivity contribution is 5.95. The van der Waals surface area contributed by atoms with E-state index in [2.05, 4.69) is 5.32 Å². The smallest absolute Gasteiger partial charge is 0.337 e. The van der Waals surface area contributed by atoms with Gasteiger partial charge in [0.1, 0.15) is 0 Å². The van der Waals surface area contributed by atoms with Gasteiger partial charge in [-0.3, -0.25) is 4.79 Å². The molecule has 98 valence electrons. The van der Waals surface area contributed by atoms with Crippen LogP contribution in [-0.2, 0) is 4.79 Å². The topological polar surface area (TPSA) is 95.7 Å². The van der Waals surface area contributed by atoms with Gasteiger partial charge in [-0.2, -0.15) is 0 Å². The second-order valence-electron chi connectivity index (χ2n) is 3.93. The largest absolute Gasteiger partial charge is 0.478 e. The number of carboxylic acids is 1. The minimum atomic E-state index is -1.02. The third kappa shape index (κ3) is 3.38. The Labute approximate surface area is 105 Å². The van der Waals surface area contributed by atoms with Crippen LogP contribution in [0.15, 0.2) is 18.2 Å². The Morgan fingerprint density at radius 3 is 2.67 bits per heavy atom. The number of nitrogens with one attached hydrogen (secondary N) is 1. The summed E-state index contributed by atoms with van der Waals surface area (Å²) >= 11 is 0. The molecule has 0 radical (unpaired) electrons. The molecular weight excluding hydrogens is 234 g/mol. The number of carboxylic acid groups (broad SMARTS) is 1. The Morgan fingerprint density at radius 2 is 2.11 bits per heavy atom. The van der Waals surface area contributed by atoms with Crippen LogP contribution in [0.1, 0.15) is 16.8 Å². The average Bonchev–Trinajstić information content (AvgIpc) is 2.34. The molecule has 1 amide bonds. The summed E-state index contributed by atoms with van der Waals surface area (Å²) in [6.07, 6.45) is 0.293. The summed E-state index contributed by atoms with van der Waals surface area (Å²) in [6.45, 7) is 0.420. The van der Waals surface area contributed by atoms with Crippen molar-refractivity contribution in [3.63, 3.8) is 0 Å². The summed E-state index contributed by atoms with van der Waals surface area (Å²) in [5.74, 6) is -1.11. The van der Waals surface area contributed by atoms with Crippen molar-refractivity contribution in [1.29, 1.82) is 0 Å². The molecule has 0 atom stereocenters. The Bertz CT molecular complexity index is 460.